The Morgan fingerprint density at radius 2 is 2.06 bits per heavy atom. The number of nitrogens with two attached hydrogens (primary N) is 1. The number of carboxylic acid groups (broad SMARTS) is 1. The highest BCUT2D eigenvalue weighted by Crippen LogP contribution is 2.31. The molecule has 0 fully saturated rings. The summed E-state index contributed by atoms with van der Waals surface area (Å²) >= 11 is 0. The van der Waals surface area contributed by atoms with Gasteiger partial charge in [-0.1, -0.05) is 13.8 Å². The normalized spacial score (nSPS) is 12.6. The summed E-state index contributed by atoms with van der Waals surface area (Å²) in [6.07, 6.45) is 0. The smallest absolute Gasteiger partial charge is 0.325 e. The van der Waals surface area contributed by atoms with Gasteiger partial charge in [-0.05, 0) is 23.6 Å². The van der Waals surface area contributed by atoms with E-state index in [0.29, 0.717) is 11.3 Å². The summed E-state index contributed by atoms with van der Waals surface area (Å²) in [4.78, 5) is 10.7. The predicted molar refractivity (Wildman–Crippen MR) is 61.6 cm³/mol. The molecule has 0 saturated heterocycles. The van der Waals surface area contributed by atoms with Crippen molar-refractivity contribution in [2.45, 2.75) is 25.8 Å². The number of rotatable bonds is 4. The van der Waals surface area contributed by atoms with E-state index in [-0.39, 0.29) is 11.5 Å². The topological polar surface area (TPSA) is 72.5 Å². The highest BCUT2D eigenvalue weighted by Gasteiger charge is 2.20. The molecule has 3 N–H and O–H groups in total. The maximum absolute atomic E-state index is 13.8. The van der Waals surface area contributed by atoms with E-state index in [9.17, 15) is 9.18 Å². The van der Waals surface area contributed by atoms with Gasteiger partial charge in [0.2, 0.25) is 0 Å². The summed E-state index contributed by atoms with van der Waals surface area (Å²) in [5, 5.41) is 8.78. The average Bonchev–Trinajstić information content (AvgIpc) is 2.25. The fourth-order valence-corrected chi connectivity index (χ4v) is 1.66. The van der Waals surface area contributed by atoms with Gasteiger partial charge in [0.1, 0.15) is 17.6 Å². The highest BCUT2D eigenvalue weighted by atomic mass is 19.1. The third-order valence-corrected chi connectivity index (χ3v) is 2.54. The van der Waals surface area contributed by atoms with E-state index in [1.54, 1.807) is 0 Å². The SMILES string of the molecule is COc1cc(C(N)C(=O)O)cc(F)c1C(C)C. The minimum absolute atomic E-state index is 0.0555. The van der Waals surface area contributed by atoms with Crippen LogP contribution in [0.25, 0.3) is 0 Å². The van der Waals surface area contributed by atoms with Crippen molar-refractivity contribution in [3.63, 3.8) is 0 Å². The molecule has 1 unspecified atom stereocenters. The van der Waals surface area contributed by atoms with Crippen molar-refractivity contribution in [1.82, 2.24) is 0 Å². The van der Waals surface area contributed by atoms with E-state index in [1.165, 1.54) is 13.2 Å². The molecule has 0 amide bonds. The molecular formula is C12H16FNO3. The van der Waals surface area contributed by atoms with Gasteiger partial charge < -0.3 is 15.6 Å². The molecule has 1 aromatic rings. The number of halogens is 1. The number of hydrogen-bond donors (Lipinski definition) is 2. The third kappa shape index (κ3) is 2.74. The molecule has 0 saturated carbocycles. The Hall–Kier alpha value is -1.62. The zero-order valence-electron chi connectivity index (χ0n) is 10.0. The number of carboxylic acids is 1. The Morgan fingerprint density at radius 1 is 1.47 bits per heavy atom. The molecule has 0 heterocycles. The number of methoxy groups -OCH3 is 1. The Bertz CT molecular complexity index is 432. The van der Waals surface area contributed by atoms with Crippen LogP contribution in [0.1, 0.15) is 36.9 Å². The lowest BCUT2D eigenvalue weighted by Crippen LogP contribution is -2.21. The number of benzene rings is 1. The highest BCUT2D eigenvalue weighted by molar-refractivity contribution is 5.75. The van der Waals surface area contributed by atoms with E-state index in [4.69, 9.17) is 15.6 Å². The molecular weight excluding hydrogens is 225 g/mol. The summed E-state index contributed by atoms with van der Waals surface area (Å²) in [6.45, 7) is 3.66. The van der Waals surface area contributed by atoms with Crippen LogP contribution in [0, 0.1) is 5.82 Å². The Balaban J connectivity index is 3.31. The van der Waals surface area contributed by atoms with Crippen LogP contribution in [0.5, 0.6) is 5.75 Å². The van der Waals surface area contributed by atoms with E-state index in [2.05, 4.69) is 0 Å². The van der Waals surface area contributed by atoms with Gasteiger partial charge in [-0.15, -0.1) is 0 Å². The molecule has 4 nitrogen and oxygen atoms in total. The van der Waals surface area contributed by atoms with Crippen LogP contribution >= 0.6 is 0 Å². The first-order chi connectivity index (χ1) is 7.88. The van der Waals surface area contributed by atoms with Gasteiger partial charge >= 0.3 is 5.97 Å². The quantitative estimate of drug-likeness (QED) is 0.846. The molecule has 0 aromatic heterocycles. The second-order valence-corrected chi connectivity index (χ2v) is 4.09. The zero-order valence-corrected chi connectivity index (χ0v) is 10.0. The second-order valence-electron chi connectivity index (χ2n) is 4.09. The van der Waals surface area contributed by atoms with Crippen molar-refractivity contribution in [2.75, 3.05) is 7.11 Å². The summed E-state index contributed by atoms with van der Waals surface area (Å²) in [5.74, 6) is -1.43. The largest absolute Gasteiger partial charge is 0.496 e. The molecule has 94 valence electrons. The summed E-state index contributed by atoms with van der Waals surface area (Å²) in [5.41, 5.74) is 6.05. The first-order valence-corrected chi connectivity index (χ1v) is 5.24. The number of ether oxygens (including phenoxy) is 1. The Labute approximate surface area is 99.2 Å². The fraction of sp³-hybridized carbons (Fsp3) is 0.417. The van der Waals surface area contributed by atoms with Crippen molar-refractivity contribution in [3.05, 3.63) is 29.1 Å². The van der Waals surface area contributed by atoms with Crippen LogP contribution in [0.15, 0.2) is 12.1 Å². The van der Waals surface area contributed by atoms with Crippen molar-refractivity contribution in [1.29, 1.82) is 0 Å². The molecule has 1 aromatic carbocycles. The lowest BCUT2D eigenvalue weighted by molar-refractivity contribution is -0.138. The number of aliphatic carboxylic acids is 1. The predicted octanol–water partition coefficient (Wildman–Crippen LogP) is 2.04. The van der Waals surface area contributed by atoms with Gasteiger partial charge in [0, 0.05) is 5.56 Å². The fourth-order valence-electron chi connectivity index (χ4n) is 1.66. The standard InChI is InChI=1S/C12H16FNO3/c1-6(2)10-8(13)4-7(5-9(10)17-3)11(14)12(15)16/h4-6,11H,14H2,1-3H3,(H,15,16). The van der Waals surface area contributed by atoms with Gasteiger partial charge in [-0.25, -0.2) is 4.39 Å². The van der Waals surface area contributed by atoms with Gasteiger partial charge in [0.15, 0.2) is 0 Å². The lowest BCUT2D eigenvalue weighted by Gasteiger charge is -2.16. The summed E-state index contributed by atoms with van der Waals surface area (Å²) in [7, 11) is 1.41. The van der Waals surface area contributed by atoms with E-state index < -0.39 is 17.8 Å². The maximum Gasteiger partial charge on any atom is 0.325 e. The average molecular weight is 241 g/mol. The van der Waals surface area contributed by atoms with Gasteiger partial charge in [0.05, 0.1) is 7.11 Å². The van der Waals surface area contributed by atoms with Crippen LogP contribution in [0.2, 0.25) is 0 Å². The maximum atomic E-state index is 13.8. The number of hydrogen-bond acceptors (Lipinski definition) is 3. The lowest BCUT2D eigenvalue weighted by atomic mass is 9.97. The summed E-state index contributed by atoms with van der Waals surface area (Å²) < 4.78 is 18.9. The molecule has 0 spiro atoms. The zero-order chi connectivity index (χ0) is 13.2. The first-order valence-electron chi connectivity index (χ1n) is 5.24. The molecule has 0 radical (unpaired) electrons. The number of carbonyl (C=O) groups is 1. The van der Waals surface area contributed by atoms with E-state index >= 15 is 0 Å². The minimum atomic E-state index is -1.25. The molecule has 0 bridgehead atoms. The van der Waals surface area contributed by atoms with Crippen molar-refractivity contribution in [3.8, 4) is 5.75 Å². The molecule has 17 heavy (non-hydrogen) atoms. The third-order valence-electron chi connectivity index (χ3n) is 2.54. The monoisotopic (exact) mass is 241 g/mol. The van der Waals surface area contributed by atoms with Crippen LogP contribution in [-0.2, 0) is 4.79 Å². The Kier molecular flexibility index (Phi) is 4.07. The Morgan fingerprint density at radius 3 is 2.47 bits per heavy atom. The second kappa shape index (κ2) is 5.14. The van der Waals surface area contributed by atoms with Crippen LogP contribution in [0.3, 0.4) is 0 Å². The first kappa shape index (κ1) is 13.4. The van der Waals surface area contributed by atoms with Gasteiger partial charge in [-0.3, -0.25) is 4.79 Å². The molecule has 0 aliphatic rings. The molecule has 0 aliphatic carbocycles. The van der Waals surface area contributed by atoms with Crippen LogP contribution in [-0.4, -0.2) is 18.2 Å². The minimum Gasteiger partial charge on any atom is -0.496 e. The molecule has 0 aliphatic heterocycles. The molecule has 1 rings (SSSR count). The van der Waals surface area contributed by atoms with Gasteiger partial charge in [-0.2, -0.15) is 0 Å². The van der Waals surface area contributed by atoms with Crippen molar-refractivity contribution in [2.24, 2.45) is 5.73 Å². The van der Waals surface area contributed by atoms with E-state index in [1.807, 2.05) is 13.8 Å². The van der Waals surface area contributed by atoms with Gasteiger partial charge in [0.25, 0.3) is 0 Å². The van der Waals surface area contributed by atoms with Crippen molar-refractivity contribution < 1.29 is 19.0 Å². The molecule has 1 atom stereocenters. The summed E-state index contributed by atoms with van der Waals surface area (Å²) in [6, 6.07) is 1.37. The van der Waals surface area contributed by atoms with Crippen LogP contribution in [0.4, 0.5) is 4.39 Å². The molecule has 5 heteroatoms. The van der Waals surface area contributed by atoms with E-state index in [0.717, 1.165) is 6.07 Å². The van der Waals surface area contributed by atoms with Crippen molar-refractivity contribution >= 4 is 5.97 Å². The van der Waals surface area contributed by atoms with Crippen LogP contribution < -0.4 is 10.5 Å².